The number of amides is 1. The van der Waals surface area contributed by atoms with Gasteiger partial charge in [0, 0.05) is 20.7 Å². The van der Waals surface area contributed by atoms with Crippen LogP contribution >= 0.6 is 27.5 Å². The molecule has 110 valence electrons. The highest BCUT2D eigenvalue weighted by atomic mass is 79.9. The van der Waals surface area contributed by atoms with Crippen LogP contribution in [0.25, 0.3) is 0 Å². The molecule has 2 rings (SSSR count). The van der Waals surface area contributed by atoms with Gasteiger partial charge in [0.15, 0.2) is 0 Å². The van der Waals surface area contributed by atoms with Gasteiger partial charge in [-0.05, 0) is 42.5 Å². The molecule has 0 aliphatic rings. The third-order valence-corrected chi connectivity index (χ3v) is 3.14. The molecule has 0 unspecified atom stereocenters. The third kappa shape index (κ3) is 4.68. The van der Waals surface area contributed by atoms with E-state index in [1.165, 1.54) is 30.3 Å². The quantitative estimate of drug-likeness (QED) is 0.819. The van der Waals surface area contributed by atoms with Crippen molar-refractivity contribution in [3.63, 3.8) is 0 Å². The summed E-state index contributed by atoms with van der Waals surface area (Å²) in [6.45, 7) is -2.88. The van der Waals surface area contributed by atoms with Gasteiger partial charge in [0.05, 0.1) is 0 Å². The van der Waals surface area contributed by atoms with E-state index in [4.69, 9.17) is 11.6 Å². The Hall–Kier alpha value is -1.66. The van der Waals surface area contributed by atoms with Crippen molar-refractivity contribution in [2.45, 2.75) is 6.61 Å². The number of carbonyl (C=O) groups is 1. The van der Waals surface area contributed by atoms with Crippen LogP contribution in [0.15, 0.2) is 46.9 Å². The Morgan fingerprint density at radius 1 is 1.19 bits per heavy atom. The van der Waals surface area contributed by atoms with Crippen molar-refractivity contribution in [3.8, 4) is 5.75 Å². The predicted octanol–water partition coefficient (Wildman–Crippen LogP) is 4.96. The molecule has 0 atom stereocenters. The second-order valence-corrected chi connectivity index (χ2v) is 5.37. The van der Waals surface area contributed by atoms with Gasteiger partial charge >= 0.3 is 6.61 Å². The predicted molar refractivity (Wildman–Crippen MR) is 80.2 cm³/mol. The smallest absolute Gasteiger partial charge is 0.387 e. The van der Waals surface area contributed by atoms with Crippen molar-refractivity contribution in [2.24, 2.45) is 0 Å². The fourth-order valence-corrected chi connectivity index (χ4v) is 2.47. The molecule has 0 heterocycles. The second kappa shape index (κ2) is 6.87. The largest absolute Gasteiger partial charge is 0.435 e. The van der Waals surface area contributed by atoms with Gasteiger partial charge in [-0.25, -0.2) is 0 Å². The molecule has 0 saturated carbocycles. The minimum atomic E-state index is -2.88. The zero-order valence-electron chi connectivity index (χ0n) is 10.4. The van der Waals surface area contributed by atoms with Crippen LogP contribution in [0.1, 0.15) is 10.4 Å². The van der Waals surface area contributed by atoms with Crippen LogP contribution in [0.5, 0.6) is 5.75 Å². The molecule has 7 heteroatoms. The zero-order chi connectivity index (χ0) is 15.4. The molecule has 1 amide bonds. The number of alkyl halides is 2. The highest BCUT2D eigenvalue weighted by Gasteiger charge is 2.09. The summed E-state index contributed by atoms with van der Waals surface area (Å²) in [6, 6.07) is 10.4. The van der Waals surface area contributed by atoms with E-state index in [2.05, 4.69) is 26.0 Å². The first-order chi connectivity index (χ1) is 9.94. The fraction of sp³-hybridized carbons (Fsp3) is 0.0714. The molecular weight excluding hydrogens is 368 g/mol. The van der Waals surface area contributed by atoms with Crippen molar-refractivity contribution in [1.82, 2.24) is 0 Å². The van der Waals surface area contributed by atoms with Crippen LogP contribution in [-0.2, 0) is 0 Å². The summed E-state index contributed by atoms with van der Waals surface area (Å²) in [5, 5.41) is 3.06. The maximum absolute atomic E-state index is 12.0. The molecule has 2 aromatic rings. The lowest BCUT2D eigenvalue weighted by Crippen LogP contribution is -2.12. The van der Waals surface area contributed by atoms with Crippen molar-refractivity contribution >= 4 is 39.1 Å². The molecular formula is C14H9BrClF2NO2. The first kappa shape index (κ1) is 15.7. The van der Waals surface area contributed by atoms with Crippen LogP contribution in [0.2, 0.25) is 5.02 Å². The Labute approximate surface area is 133 Å². The highest BCUT2D eigenvalue weighted by Crippen LogP contribution is 2.22. The van der Waals surface area contributed by atoms with E-state index in [1.807, 2.05) is 0 Å². The normalized spacial score (nSPS) is 10.5. The molecule has 0 bridgehead atoms. The Morgan fingerprint density at radius 2 is 1.86 bits per heavy atom. The lowest BCUT2D eigenvalue weighted by atomic mass is 10.2. The second-order valence-electron chi connectivity index (χ2n) is 4.02. The number of hydrogen-bond acceptors (Lipinski definition) is 2. The van der Waals surface area contributed by atoms with Crippen molar-refractivity contribution < 1.29 is 18.3 Å². The monoisotopic (exact) mass is 375 g/mol. The van der Waals surface area contributed by atoms with Gasteiger partial charge in [0.25, 0.3) is 5.91 Å². The number of hydrogen-bond donors (Lipinski definition) is 1. The maximum Gasteiger partial charge on any atom is 0.387 e. The van der Waals surface area contributed by atoms with E-state index in [-0.39, 0.29) is 11.7 Å². The van der Waals surface area contributed by atoms with Crippen molar-refractivity contribution in [3.05, 3.63) is 57.5 Å². The van der Waals surface area contributed by atoms with Gasteiger partial charge in [-0.3, -0.25) is 4.79 Å². The van der Waals surface area contributed by atoms with Gasteiger partial charge < -0.3 is 10.1 Å². The molecule has 0 aliphatic heterocycles. The topological polar surface area (TPSA) is 38.3 Å². The summed E-state index contributed by atoms with van der Waals surface area (Å²) >= 11 is 9.12. The van der Waals surface area contributed by atoms with E-state index in [0.717, 1.165) is 0 Å². The Bertz CT molecular complexity index is 630. The minimum Gasteiger partial charge on any atom is -0.435 e. The fourth-order valence-electron chi connectivity index (χ4n) is 1.61. The Morgan fingerprint density at radius 3 is 2.43 bits per heavy atom. The number of carbonyl (C=O) groups excluding carboxylic acids is 1. The number of halogens is 4. The average molecular weight is 377 g/mol. The summed E-state index contributed by atoms with van der Waals surface area (Å²) in [5.41, 5.74) is 0.833. The zero-order valence-corrected chi connectivity index (χ0v) is 12.8. The number of benzene rings is 2. The minimum absolute atomic E-state index is 0.0218. The van der Waals surface area contributed by atoms with Gasteiger partial charge in [-0.1, -0.05) is 27.5 Å². The average Bonchev–Trinajstić information content (AvgIpc) is 2.39. The van der Waals surface area contributed by atoms with Crippen molar-refractivity contribution in [1.29, 1.82) is 0 Å². The van der Waals surface area contributed by atoms with E-state index >= 15 is 0 Å². The maximum atomic E-state index is 12.0. The molecule has 0 fully saturated rings. The number of anilines is 1. The molecule has 3 nitrogen and oxygen atoms in total. The lowest BCUT2D eigenvalue weighted by Gasteiger charge is -2.08. The summed E-state index contributed by atoms with van der Waals surface area (Å²) in [6.07, 6.45) is 0. The van der Waals surface area contributed by atoms with Gasteiger partial charge in [0.2, 0.25) is 0 Å². The summed E-state index contributed by atoms with van der Waals surface area (Å²) in [4.78, 5) is 12.0. The van der Waals surface area contributed by atoms with E-state index < -0.39 is 6.61 Å². The lowest BCUT2D eigenvalue weighted by molar-refractivity contribution is -0.0498. The van der Waals surface area contributed by atoms with E-state index in [9.17, 15) is 13.6 Å². The summed E-state index contributed by atoms with van der Waals surface area (Å²) in [7, 11) is 0. The highest BCUT2D eigenvalue weighted by molar-refractivity contribution is 9.10. The molecule has 1 N–H and O–H groups in total. The van der Waals surface area contributed by atoms with Crippen molar-refractivity contribution in [2.75, 3.05) is 5.32 Å². The number of nitrogens with one attached hydrogen (secondary N) is 1. The van der Waals surface area contributed by atoms with Gasteiger partial charge in [-0.2, -0.15) is 8.78 Å². The van der Waals surface area contributed by atoms with Gasteiger partial charge in [-0.15, -0.1) is 0 Å². The number of ether oxygens (including phenoxy) is 1. The molecule has 21 heavy (non-hydrogen) atoms. The molecule has 0 saturated heterocycles. The first-order valence-electron chi connectivity index (χ1n) is 5.76. The standard InChI is InChI=1S/C14H9BrClF2NO2/c15-9-5-8(6-10(16)7-9)13(20)19-11-1-3-12(4-2-11)21-14(17)18/h1-7,14H,(H,19,20). The van der Waals surface area contributed by atoms with E-state index in [0.29, 0.717) is 20.7 Å². The molecule has 0 spiro atoms. The first-order valence-corrected chi connectivity index (χ1v) is 6.93. The van der Waals surface area contributed by atoms with E-state index in [1.54, 1.807) is 12.1 Å². The Balaban J connectivity index is 2.08. The summed E-state index contributed by atoms with van der Waals surface area (Å²) in [5.74, 6) is -0.339. The summed E-state index contributed by atoms with van der Waals surface area (Å²) < 4.78 is 28.9. The number of rotatable bonds is 4. The Kier molecular flexibility index (Phi) is 5.14. The van der Waals surface area contributed by atoms with Crippen LogP contribution in [0.3, 0.4) is 0 Å². The molecule has 0 aliphatic carbocycles. The molecule has 0 radical (unpaired) electrons. The van der Waals surface area contributed by atoms with Crippen LogP contribution in [0.4, 0.5) is 14.5 Å². The SMILES string of the molecule is O=C(Nc1ccc(OC(F)F)cc1)c1cc(Cl)cc(Br)c1. The molecule has 2 aromatic carbocycles. The van der Waals surface area contributed by atoms with Crippen LogP contribution in [-0.4, -0.2) is 12.5 Å². The molecule has 0 aromatic heterocycles. The van der Waals surface area contributed by atoms with Gasteiger partial charge in [0.1, 0.15) is 5.75 Å². The van der Waals surface area contributed by atoms with Crippen LogP contribution < -0.4 is 10.1 Å². The van der Waals surface area contributed by atoms with Crippen LogP contribution in [0, 0.1) is 0 Å². The third-order valence-electron chi connectivity index (χ3n) is 2.46.